The minimum atomic E-state index is -1.28. The van der Waals surface area contributed by atoms with Crippen LogP contribution in [0.2, 0.25) is 0 Å². The van der Waals surface area contributed by atoms with Gasteiger partial charge in [0.2, 0.25) is 6.33 Å². The largest absolute Gasteiger partial charge is 0.491 e. The minimum Gasteiger partial charge on any atom is -0.476 e. The monoisotopic (exact) mass is 278 g/mol. The molecule has 0 spiro atoms. The Balaban J connectivity index is 2.54. The number of hydrogen-bond acceptors (Lipinski definition) is 7. The van der Waals surface area contributed by atoms with Crippen molar-refractivity contribution in [2.75, 3.05) is 0 Å². The second kappa shape index (κ2) is 4.99. The Morgan fingerprint density at radius 1 is 1.45 bits per heavy atom. The quantitative estimate of drug-likeness (QED) is 0.639. The van der Waals surface area contributed by atoms with Crippen LogP contribution in [0.1, 0.15) is 36.1 Å². The van der Waals surface area contributed by atoms with Crippen molar-refractivity contribution in [3.8, 4) is 5.69 Å². The highest BCUT2D eigenvalue weighted by Crippen LogP contribution is 2.16. The predicted octanol–water partition coefficient (Wildman–Crippen LogP) is 0.787. The van der Waals surface area contributed by atoms with Crippen molar-refractivity contribution in [1.29, 1.82) is 0 Å². The van der Waals surface area contributed by atoms with Crippen LogP contribution < -0.4 is 0 Å². The maximum absolute atomic E-state index is 11.2. The highest BCUT2D eigenvalue weighted by atomic mass is 16.6. The SMILES string of the molecule is CC(C)c1ncc(-n2cnc([N+](=O)[O-])n2)c(C(=O)O)n1. The molecule has 0 amide bonds. The first-order chi connectivity index (χ1) is 9.40. The zero-order valence-corrected chi connectivity index (χ0v) is 10.6. The summed E-state index contributed by atoms with van der Waals surface area (Å²) in [5.41, 5.74) is -0.272. The van der Waals surface area contributed by atoms with Gasteiger partial charge in [-0.1, -0.05) is 18.8 Å². The van der Waals surface area contributed by atoms with E-state index in [1.807, 2.05) is 13.8 Å². The van der Waals surface area contributed by atoms with Crippen LogP contribution in [-0.2, 0) is 0 Å². The van der Waals surface area contributed by atoms with Gasteiger partial charge in [0.25, 0.3) is 0 Å². The molecule has 0 atom stereocenters. The number of carboxylic acid groups (broad SMARTS) is 1. The van der Waals surface area contributed by atoms with E-state index in [1.165, 1.54) is 6.20 Å². The van der Waals surface area contributed by atoms with Crippen LogP contribution in [0.3, 0.4) is 0 Å². The summed E-state index contributed by atoms with van der Waals surface area (Å²) in [6.07, 6.45) is 2.29. The van der Waals surface area contributed by atoms with Gasteiger partial charge in [0.05, 0.1) is 6.20 Å². The first-order valence-electron chi connectivity index (χ1n) is 5.56. The van der Waals surface area contributed by atoms with E-state index in [4.69, 9.17) is 5.11 Å². The molecule has 2 rings (SSSR count). The molecule has 2 heterocycles. The number of rotatable bonds is 4. The van der Waals surface area contributed by atoms with E-state index in [0.29, 0.717) is 5.82 Å². The molecule has 0 unspecified atom stereocenters. The molecule has 0 aliphatic carbocycles. The number of carboxylic acids is 1. The average Bonchev–Trinajstić information content (AvgIpc) is 2.87. The first kappa shape index (κ1) is 13.5. The topological polar surface area (TPSA) is 137 Å². The fourth-order valence-electron chi connectivity index (χ4n) is 1.45. The van der Waals surface area contributed by atoms with Crippen molar-refractivity contribution in [2.45, 2.75) is 19.8 Å². The average molecular weight is 278 g/mol. The number of nitro groups is 1. The van der Waals surface area contributed by atoms with Crippen molar-refractivity contribution in [3.63, 3.8) is 0 Å². The Bertz CT molecular complexity index is 680. The van der Waals surface area contributed by atoms with Gasteiger partial charge in [-0.05, 0) is 4.92 Å². The fraction of sp³-hybridized carbons (Fsp3) is 0.300. The lowest BCUT2D eigenvalue weighted by Crippen LogP contribution is -2.12. The summed E-state index contributed by atoms with van der Waals surface area (Å²) in [5.74, 6) is -1.59. The third-order valence-electron chi connectivity index (χ3n) is 2.40. The van der Waals surface area contributed by atoms with E-state index in [9.17, 15) is 14.9 Å². The van der Waals surface area contributed by atoms with Crippen molar-refractivity contribution >= 4 is 11.9 Å². The Kier molecular flexibility index (Phi) is 3.37. The molecule has 0 aliphatic heterocycles. The summed E-state index contributed by atoms with van der Waals surface area (Å²) >= 11 is 0. The van der Waals surface area contributed by atoms with Crippen molar-refractivity contribution < 1.29 is 14.8 Å². The lowest BCUT2D eigenvalue weighted by molar-refractivity contribution is -0.394. The van der Waals surface area contributed by atoms with Gasteiger partial charge >= 0.3 is 11.9 Å². The first-order valence-corrected chi connectivity index (χ1v) is 5.56. The Labute approximate surface area is 112 Å². The molecule has 0 saturated carbocycles. The molecule has 0 radical (unpaired) electrons. The molecule has 1 N–H and O–H groups in total. The third-order valence-corrected chi connectivity index (χ3v) is 2.40. The molecule has 10 nitrogen and oxygen atoms in total. The van der Waals surface area contributed by atoms with Gasteiger partial charge in [0.15, 0.2) is 5.69 Å². The highest BCUT2D eigenvalue weighted by Gasteiger charge is 2.22. The van der Waals surface area contributed by atoms with Crippen LogP contribution in [0, 0.1) is 10.1 Å². The lowest BCUT2D eigenvalue weighted by atomic mass is 10.2. The van der Waals surface area contributed by atoms with Crippen LogP contribution in [0.15, 0.2) is 12.5 Å². The van der Waals surface area contributed by atoms with E-state index in [-0.39, 0.29) is 17.3 Å². The molecule has 2 aromatic rings. The molecular weight excluding hydrogens is 268 g/mol. The number of aromatic nitrogens is 5. The highest BCUT2D eigenvalue weighted by molar-refractivity contribution is 5.89. The van der Waals surface area contributed by atoms with E-state index in [2.05, 4.69) is 20.1 Å². The summed E-state index contributed by atoms with van der Waals surface area (Å²) < 4.78 is 0.964. The van der Waals surface area contributed by atoms with Gasteiger partial charge in [-0.25, -0.2) is 14.8 Å². The predicted molar refractivity (Wildman–Crippen MR) is 64.7 cm³/mol. The van der Waals surface area contributed by atoms with E-state index in [1.54, 1.807) is 0 Å². The molecule has 20 heavy (non-hydrogen) atoms. The van der Waals surface area contributed by atoms with Gasteiger partial charge < -0.3 is 15.2 Å². The molecule has 104 valence electrons. The van der Waals surface area contributed by atoms with Crippen LogP contribution in [0.4, 0.5) is 5.95 Å². The molecule has 0 aliphatic rings. The van der Waals surface area contributed by atoms with Gasteiger partial charge in [0, 0.05) is 11.0 Å². The second-order valence-corrected chi connectivity index (χ2v) is 4.17. The molecular formula is C10H10N6O4. The van der Waals surface area contributed by atoms with E-state index < -0.39 is 16.8 Å². The minimum absolute atomic E-state index is 0.0162. The van der Waals surface area contributed by atoms with Gasteiger partial charge in [-0.15, -0.1) is 4.68 Å². The molecule has 0 bridgehead atoms. The van der Waals surface area contributed by atoms with Crippen molar-refractivity contribution in [2.24, 2.45) is 0 Å². The summed E-state index contributed by atoms with van der Waals surface area (Å²) in [5, 5.41) is 23.3. The maximum Gasteiger partial charge on any atom is 0.491 e. The molecule has 0 fully saturated rings. The van der Waals surface area contributed by atoms with Gasteiger partial charge in [-0.3, -0.25) is 0 Å². The van der Waals surface area contributed by atoms with Crippen LogP contribution in [0.25, 0.3) is 5.69 Å². The molecule has 0 aromatic carbocycles. The van der Waals surface area contributed by atoms with Crippen molar-refractivity contribution in [3.05, 3.63) is 34.2 Å². The van der Waals surface area contributed by atoms with Crippen molar-refractivity contribution in [1.82, 2.24) is 24.7 Å². The van der Waals surface area contributed by atoms with E-state index in [0.717, 1.165) is 11.0 Å². The summed E-state index contributed by atoms with van der Waals surface area (Å²) in [6, 6.07) is 0. The summed E-state index contributed by atoms with van der Waals surface area (Å²) in [4.78, 5) is 32.4. The zero-order valence-electron chi connectivity index (χ0n) is 10.6. The Morgan fingerprint density at radius 2 is 2.15 bits per heavy atom. The standard InChI is InChI=1S/C10H10N6O4/c1-5(2)8-11-3-6(7(13-8)9(17)18)15-4-12-10(14-15)16(19)20/h3-5H,1-2H3,(H,17,18). The normalized spacial score (nSPS) is 10.8. The Morgan fingerprint density at radius 3 is 2.65 bits per heavy atom. The number of nitrogens with zero attached hydrogens (tertiary/aromatic N) is 6. The fourth-order valence-corrected chi connectivity index (χ4v) is 1.45. The van der Waals surface area contributed by atoms with Crippen LogP contribution >= 0.6 is 0 Å². The summed E-state index contributed by atoms with van der Waals surface area (Å²) in [6.45, 7) is 3.64. The maximum atomic E-state index is 11.2. The lowest BCUT2D eigenvalue weighted by Gasteiger charge is -2.06. The van der Waals surface area contributed by atoms with Gasteiger partial charge in [-0.2, -0.15) is 0 Å². The van der Waals surface area contributed by atoms with Gasteiger partial charge in [0.1, 0.15) is 11.5 Å². The van der Waals surface area contributed by atoms with E-state index >= 15 is 0 Å². The van der Waals surface area contributed by atoms with Crippen LogP contribution in [0.5, 0.6) is 0 Å². The number of hydrogen-bond donors (Lipinski definition) is 1. The van der Waals surface area contributed by atoms with Crippen LogP contribution in [-0.4, -0.2) is 40.7 Å². The Hall–Kier alpha value is -2.91. The second-order valence-electron chi connectivity index (χ2n) is 4.17. The summed E-state index contributed by atoms with van der Waals surface area (Å²) in [7, 11) is 0. The smallest absolute Gasteiger partial charge is 0.476 e. The third kappa shape index (κ3) is 2.43. The molecule has 2 aromatic heterocycles. The zero-order chi connectivity index (χ0) is 14.9. The molecule has 10 heteroatoms. The molecule has 0 saturated heterocycles. The number of carbonyl (C=O) groups is 1. The number of aromatic carboxylic acids is 1.